The Morgan fingerprint density at radius 2 is 1.65 bits per heavy atom. The molecule has 1 heterocycles. The molecule has 31 heavy (non-hydrogen) atoms. The first-order valence-electron chi connectivity index (χ1n) is 9.58. The molecule has 0 saturated heterocycles. The van der Waals surface area contributed by atoms with Gasteiger partial charge in [0.25, 0.3) is 0 Å². The van der Waals surface area contributed by atoms with Gasteiger partial charge in [0.1, 0.15) is 17.9 Å². The molecule has 3 N–H and O–H groups in total. The van der Waals surface area contributed by atoms with Crippen molar-refractivity contribution in [3.05, 3.63) is 71.8 Å². The van der Waals surface area contributed by atoms with Gasteiger partial charge in [-0.15, -0.1) is 0 Å². The van der Waals surface area contributed by atoms with E-state index in [0.717, 1.165) is 0 Å². The summed E-state index contributed by atoms with van der Waals surface area (Å²) in [7, 11) is 0. The lowest BCUT2D eigenvalue weighted by atomic mass is 10.0. The van der Waals surface area contributed by atoms with E-state index in [9.17, 15) is 23.9 Å². The van der Waals surface area contributed by atoms with Crippen LogP contribution in [-0.2, 0) is 27.2 Å². The van der Waals surface area contributed by atoms with Gasteiger partial charge in [-0.25, -0.2) is 14.2 Å². The molecule has 0 saturated carbocycles. The van der Waals surface area contributed by atoms with E-state index in [-0.39, 0.29) is 18.4 Å². The normalized spacial score (nSPS) is 12.7. The van der Waals surface area contributed by atoms with E-state index in [2.05, 4.69) is 20.6 Å². The van der Waals surface area contributed by atoms with Crippen molar-refractivity contribution in [1.82, 2.24) is 20.6 Å². The molecule has 2 amide bonds. The molecule has 9 heteroatoms. The number of hydrogen-bond donors (Lipinski definition) is 3. The monoisotopic (exact) mass is 424 g/mol. The average Bonchev–Trinajstić information content (AvgIpc) is 2.73. The van der Waals surface area contributed by atoms with Crippen LogP contribution in [0.25, 0.3) is 11.0 Å². The minimum atomic E-state index is -1.31. The van der Waals surface area contributed by atoms with E-state index in [1.807, 2.05) is 6.07 Å². The number of halogens is 1. The van der Waals surface area contributed by atoms with Gasteiger partial charge in [-0.2, -0.15) is 0 Å². The van der Waals surface area contributed by atoms with E-state index in [0.29, 0.717) is 16.7 Å². The second-order valence-electron chi connectivity index (χ2n) is 7.00. The number of nitrogens with one attached hydrogen (secondary N) is 2. The Labute approximate surface area is 177 Å². The van der Waals surface area contributed by atoms with Gasteiger partial charge in [0, 0.05) is 26.0 Å². The van der Waals surface area contributed by atoms with E-state index >= 15 is 0 Å². The van der Waals surface area contributed by atoms with Crippen LogP contribution in [-0.4, -0.2) is 44.9 Å². The molecule has 2 atom stereocenters. The van der Waals surface area contributed by atoms with Crippen LogP contribution >= 0.6 is 0 Å². The molecule has 0 radical (unpaired) electrons. The van der Waals surface area contributed by atoms with Gasteiger partial charge in [0.2, 0.25) is 11.8 Å². The molecular weight excluding hydrogens is 403 g/mol. The van der Waals surface area contributed by atoms with Crippen LogP contribution < -0.4 is 10.6 Å². The minimum Gasteiger partial charge on any atom is -0.480 e. The van der Waals surface area contributed by atoms with Crippen molar-refractivity contribution in [2.75, 3.05) is 0 Å². The number of benzene rings is 2. The van der Waals surface area contributed by atoms with Crippen LogP contribution in [0.1, 0.15) is 18.2 Å². The Kier molecular flexibility index (Phi) is 6.86. The molecule has 3 rings (SSSR count). The molecular formula is C22H21FN4O4. The first-order chi connectivity index (χ1) is 14.8. The first kappa shape index (κ1) is 21.8. The number of carbonyl (C=O) groups excluding carboxylic acids is 2. The van der Waals surface area contributed by atoms with Gasteiger partial charge in [0.15, 0.2) is 0 Å². The fourth-order valence-electron chi connectivity index (χ4n) is 3.11. The zero-order valence-corrected chi connectivity index (χ0v) is 16.7. The zero-order valence-electron chi connectivity index (χ0n) is 16.7. The average molecular weight is 424 g/mol. The van der Waals surface area contributed by atoms with Crippen LogP contribution in [0, 0.1) is 5.82 Å². The molecule has 1 aromatic heterocycles. The Morgan fingerprint density at radius 3 is 2.32 bits per heavy atom. The largest absolute Gasteiger partial charge is 0.480 e. The second-order valence-corrected chi connectivity index (χ2v) is 7.00. The maximum absolute atomic E-state index is 14.0. The predicted molar refractivity (Wildman–Crippen MR) is 111 cm³/mol. The lowest BCUT2D eigenvalue weighted by Crippen LogP contribution is -2.52. The Balaban J connectivity index is 1.76. The van der Waals surface area contributed by atoms with Crippen LogP contribution in [0.2, 0.25) is 0 Å². The Morgan fingerprint density at radius 1 is 0.968 bits per heavy atom. The van der Waals surface area contributed by atoms with Gasteiger partial charge >= 0.3 is 5.97 Å². The number of carboxylic acid groups (broad SMARTS) is 1. The number of nitrogens with zero attached hydrogens (tertiary/aromatic N) is 2. The van der Waals surface area contributed by atoms with Gasteiger partial charge in [-0.05, 0) is 23.8 Å². The molecule has 160 valence electrons. The third-order valence-corrected chi connectivity index (χ3v) is 4.60. The van der Waals surface area contributed by atoms with Crippen LogP contribution in [0.5, 0.6) is 0 Å². The standard InChI is InChI=1S/C22H21FN4O4/c1-13(28)25-19(10-14-6-2-3-7-16(14)23)21(29)27-20(22(30)31)11-15-12-24-17-8-4-5-9-18(17)26-15/h2-9,12,19-20H,10-11H2,1H3,(H,25,28)(H,27,29)(H,30,31)/t19-,20-/m0/s1. The third-order valence-electron chi connectivity index (χ3n) is 4.60. The molecule has 8 nitrogen and oxygen atoms in total. The predicted octanol–water partition coefficient (Wildman–Crippen LogP) is 1.63. The summed E-state index contributed by atoms with van der Waals surface area (Å²) < 4.78 is 14.0. The highest BCUT2D eigenvalue weighted by Crippen LogP contribution is 2.12. The van der Waals surface area contributed by atoms with Gasteiger partial charge in [-0.1, -0.05) is 30.3 Å². The lowest BCUT2D eigenvalue weighted by Gasteiger charge is -2.21. The molecule has 0 aliphatic carbocycles. The number of aliphatic carboxylic acids is 1. The molecule has 2 aromatic carbocycles. The molecule has 0 aliphatic heterocycles. The number of para-hydroxylation sites is 2. The summed E-state index contributed by atoms with van der Waals surface area (Å²) in [5, 5.41) is 14.4. The van der Waals surface area contributed by atoms with Crippen LogP contribution in [0.15, 0.2) is 54.7 Å². The quantitative estimate of drug-likeness (QED) is 0.505. The van der Waals surface area contributed by atoms with E-state index in [4.69, 9.17) is 0 Å². The molecule has 0 unspecified atom stereocenters. The summed E-state index contributed by atoms with van der Waals surface area (Å²) in [4.78, 5) is 44.7. The second kappa shape index (κ2) is 9.75. The summed E-state index contributed by atoms with van der Waals surface area (Å²) in [5.74, 6) is -3.02. The smallest absolute Gasteiger partial charge is 0.326 e. The lowest BCUT2D eigenvalue weighted by molar-refractivity contribution is -0.142. The third kappa shape index (κ3) is 5.81. The summed E-state index contributed by atoms with van der Waals surface area (Å²) in [6.45, 7) is 1.22. The maximum atomic E-state index is 14.0. The summed E-state index contributed by atoms with van der Waals surface area (Å²) in [6, 6.07) is 10.6. The highest BCUT2D eigenvalue weighted by molar-refractivity contribution is 5.90. The van der Waals surface area contributed by atoms with Crippen LogP contribution in [0.3, 0.4) is 0 Å². The number of carboxylic acids is 1. The van der Waals surface area contributed by atoms with Gasteiger partial charge < -0.3 is 15.7 Å². The van der Waals surface area contributed by atoms with Crippen LogP contribution in [0.4, 0.5) is 4.39 Å². The number of aromatic nitrogens is 2. The van der Waals surface area contributed by atoms with Gasteiger partial charge in [0.05, 0.1) is 16.7 Å². The van der Waals surface area contributed by atoms with Crippen molar-refractivity contribution in [3.8, 4) is 0 Å². The fourth-order valence-corrected chi connectivity index (χ4v) is 3.11. The number of fused-ring (bicyclic) bond motifs is 1. The maximum Gasteiger partial charge on any atom is 0.326 e. The molecule has 0 fully saturated rings. The fraction of sp³-hybridized carbons (Fsp3) is 0.227. The number of hydrogen-bond acceptors (Lipinski definition) is 5. The van der Waals surface area contributed by atoms with Crippen molar-refractivity contribution in [2.24, 2.45) is 0 Å². The number of amides is 2. The molecule has 0 aliphatic rings. The summed E-state index contributed by atoms with van der Waals surface area (Å²) in [6.07, 6.45) is 1.22. The molecule has 0 bridgehead atoms. The van der Waals surface area contributed by atoms with Crippen molar-refractivity contribution in [1.29, 1.82) is 0 Å². The molecule has 0 spiro atoms. The minimum absolute atomic E-state index is 0.106. The number of carbonyl (C=O) groups is 3. The Hall–Kier alpha value is -3.88. The summed E-state index contributed by atoms with van der Waals surface area (Å²) in [5.41, 5.74) is 1.88. The highest BCUT2D eigenvalue weighted by Gasteiger charge is 2.27. The zero-order chi connectivity index (χ0) is 22.4. The Bertz CT molecular complexity index is 1120. The van der Waals surface area contributed by atoms with E-state index < -0.39 is 35.7 Å². The van der Waals surface area contributed by atoms with Crippen molar-refractivity contribution in [3.63, 3.8) is 0 Å². The van der Waals surface area contributed by atoms with Gasteiger partial charge in [-0.3, -0.25) is 14.6 Å². The van der Waals surface area contributed by atoms with E-state index in [1.165, 1.54) is 31.3 Å². The highest BCUT2D eigenvalue weighted by atomic mass is 19.1. The molecule has 3 aromatic rings. The SMILES string of the molecule is CC(=O)N[C@@H](Cc1ccccc1F)C(=O)N[C@@H](Cc1cnc2ccccc2n1)C(=O)O. The topological polar surface area (TPSA) is 121 Å². The van der Waals surface area contributed by atoms with Crippen molar-refractivity contribution in [2.45, 2.75) is 31.8 Å². The summed E-state index contributed by atoms with van der Waals surface area (Å²) >= 11 is 0. The first-order valence-corrected chi connectivity index (χ1v) is 9.58. The van der Waals surface area contributed by atoms with Crippen molar-refractivity contribution < 1.29 is 23.9 Å². The number of rotatable bonds is 8. The van der Waals surface area contributed by atoms with Crippen molar-refractivity contribution >= 4 is 28.8 Å². The van der Waals surface area contributed by atoms with E-state index in [1.54, 1.807) is 24.3 Å².